The number of halogens is 2. The van der Waals surface area contributed by atoms with Crippen molar-refractivity contribution in [3.63, 3.8) is 0 Å². The number of nitrogens with one attached hydrogen (secondary N) is 1. The number of nitrogens with zero attached hydrogens (tertiary/aromatic N) is 1. The molecular formula is C14H10Cl2N2O2S3. The maximum atomic E-state index is 12.5. The smallest absolute Gasteiger partial charge is 0.255 e. The molecule has 0 atom stereocenters. The second-order valence-electron chi connectivity index (χ2n) is 4.60. The van der Waals surface area contributed by atoms with Gasteiger partial charge in [-0.15, -0.1) is 22.7 Å². The monoisotopic (exact) mass is 404 g/mol. The molecule has 0 bridgehead atoms. The van der Waals surface area contributed by atoms with Crippen LogP contribution >= 0.6 is 45.9 Å². The highest BCUT2D eigenvalue weighted by atomic mass is 35.5. The van der Waals surface area contributed by atoms with Crippen molar-refractivity contribution in [2.24, 2.45) is 0 Å². The third-order valence-corrected chi connectivity index (χ3v) is 7.23. The van der Waals surface area contributed by atoms with Crippen LogP contribution in [0.15, 0.2) is 39.9 Å². The summed E-state index contributed by atoms with van der Waals surface area (Å²) in [4.78, 5) is 5.24. The molecule has 3 aromatic rings. The van der Waals surface area contributed by atoms with Crippen LogP contribution in [0.3, 0.4) is 0 Å². The SMILES string of the molecule is Cc1c(Cl)cccc1S(=O)(=O)Nc1nc(-c2sccc2Cl)cs1. The molecule has 0 amide bonds. The average Bonchev–Trinajstić information content (AvgIpc) is 3.10. The van der Waals surface area contributed by atoms with Crippen molar-refractivity contribution in [1.29, 1.82) is 0 Å². The number of anilines is 1. The third-order valence-electron chi connectivity index (χ3n) is 3.08. The average molecular weight is 405 g/mol. The number of sulfonamides is 1. The summed E-state index contributed by atoms with van der Waals surface area (Å²) >= 11 is 14.7. The van der Waals surface area contributed by atoms with Crippen molar-refractivity contribution in [3.05, 3.63) is 50.6 Å². The summed E-state index contributed by atoms with van der Waals surface area (Å²) in [6.45, 7) is 1.66. The summed E-state index contributed by atoms with van der Waals surface area (Å²) in [6, 6.07) is 6.53. The molecule has 2 heterocycles. The van der Waals surface area contributed by atoms with Crippen molar-refractivity contribution < 1.29 is 8.42 Å². The number of benzene rings is 1. The number of aromatic nitrogens is 1. The van der Waals surface area contributed by atoms with E-state index in [0.29, 0.717) is 21.3 Å². The normalized spacial score (nSPS) is 11.6. The van der Waals surface area contributed by atoms with Gasteiger partial charge in [-0.05, 0) is 36.1 Å². The summed E-state index contributed by atoms with van der Waals surface area (Å²) in [6.07, 6.45) is 0. The lowest BCUT2D eigenvalue weighted by molar-refractivity contribution is 0.600. The van der Waals surface area contributed by atoms with Crippen molar-refractivity contribution >= 4 is 61.0 Å². The maximum absolute atomic E-state index is 12.5. The number of hydrogen-bond donors (Lipinski definition) is 1. The van der Waals surface area contributed by atoms with Gasteiger partial charge in [-0.25, -0.2) is 13.4 Å². The van der Waals surface area contributed by atoms with E-state index in [4.69, 9.17) is 23.2 Å². The minimum absolute atomic E-state index is 0.135. The van der Waals surface area contributed by atoms with Crippen molar-refractivity contribution in [2.75, 3.05) is 4.72 Å². The molecule has 1 N–H and O–H groups in total. The van der Waals surface area contributed by atoms with Crippen LogP contribution in [0.25, 0.3) is 10.6 Å². The van der Waals surface area contributed by atoms with Crippen LogP contribution in [0.1, 0.15) is 5.56 Å². The highest BCUT2D eigenvalue weighted by Crippen LogP contribution is 2.35. The van der Waals surface area contributed by atoms with E-state index in [1.54, 1.807) is 30.5 Å². The van der Waals surface area contributed by atoms with Crippen LogP contribution in [-0.2, 0) is 10.0 Å². The Labute approximate surface area is 151 Å². The molecule has 0 unspecified atom stereocenters. The molecule has 9 heteroatoms. The second-order valence-corrected chi connectivity index (χ2v) is 8.84. The largest absolute Gasteiger partial charge is 0.263 e. The molecule has 3 rings (SSSR count). The van der Waals surface area contributed by atoms with Crippen LogP contribution in [0.2, 0.25) is 10.0 Å². The van der Waals surface area contributed by atoms with Gasteiger partial charge in [0.1, 0.15) is 0 Å². The molecule has 0 saturated heterocycles. The first kappa shape index (κ1) is 16.7. The summed E-state index contributed by atoms with van der Waals surface area (Å²) in [5.41, 5.74) is 1.15. The Bertz CT molecular complexity index is 964. The van der Waals surface area contributed by atoms with Crippen LogP contribution < -0.4 is 4.72 Å². The standard InChI is InChI=1S/C14H10Cl2N2O2S3/c1-8-9(15)3-2-4-12(8)23(19,20)18-14-17-11(7-22-14)13-10(16)5-6-21-13/h2-7H,1H3,(H,17,18). The van der Waals surface area contributed by atoms with Crippen molar-refractivity contribution in [2.45, 2.75) is 11.8 Å². The molecule has 0 saturated carbocycles. The first-order valence-corrected chi connectivity index (χ1v) is 10.3. The molecule has 0 aliphatic carbocycles. The molecule has 0 aliphatic heterocycles. The molecule has 1 aromatic carbocycles. The fraction of sp³-hybridized carbons (Fsp3) is 0.0714. The van der Waals surface area contributed by atoms with Crippen LogP contribution in [0.4, 0.5) is 5.13 Å². The van der Waals surface area contributed by atoms with Crippen LogP contribution in [0.5, 0.6) is 0 Å². The van der Waals surface area contributed by atoms with Gasteiger partial charge < -0.3 is 0 Å². The lowest BCUT2D eigenvalue weighted by Gasteiger charge is -2.09. The Morgan fingerprint density at radius 1 is 1.13 bits per heavy atom. The highest BCUT2D eigenvalue weighted by molar-refractivity contribution is 7.93. The quantitative estimate of drug-likeness (QED) is 0.642. The van der Waals surface area contributed by atoms with Gasteiger partial charge in [0.05, 0.1) is 20.5 Å². The van der Waals surface area contributed by atoms with Gasteiger partial charge >= 0.3 is 0 Å². The van der Waals surface area contributed by atoms with Gasteiger partial charge in [0.2, 0.25) is 0 Å². The van der Waals surface area contributed by atoms with Gasteiger partial charge in [0, 0.05) is 10.4 Å². The Kier molecular flexibility index (Phi) is 4.66. The zero-order valence-electron chi connectivity index (χ0n) is 11.7. The second kappa shape index (κ2) is 6.41. The van der Waals surface area contributed by atoms with Gasteiger partial charge in [0.25, 0.3) is 10.0 Å². The topological polar surface area (TPSA) is 59.1 Å². The van der Waals surface area contributed by atoms with Gasteiger partial charge in [0.15, 0.2) is 5.13 Å². The first-order chi connectivity index (χ1) is 10.9. The predicted octanol–water partition coefficient (Wildman–Crippen LogP) is 5.29. The maximum Gasteiger partial charge on any atom is 0.263 e. The summed E-state index contributed by atoms with van der Waals surface area (Å²) < 4.78 is 27.5. The van der Waals surface area contributed by atoms with E-state index in [1.165, 1.54) is 28.7 Å². The van der Waals surface area contributed by atoms with Crippen LogP contribution in [-0.4, -0.2) is 13.4 Å². The minimum atomic E-state index is -3.75. The highest BCUT2D eigenvalue weighted by Gasteiger charge is 2.20. The van der Waals surface area contributed by atoms with E-state index in [-0.39, 0.29) is 10.0 Å². The van der Waals surface area contributed by atoms with Gasteiger partial charge in [-0.3, -0.25) is 4.72 Å². The molecule has 0 fully saturated rings. The van der Waals surface area contributed by atoms with E-state index >= 15 is 0 Å². The molecule has 0 aliphatic rings. The molecule has 0 spiro atoms. The molecule has 2 aromatic heterocycles. The number of hydrogen-bond acceptors (Lipinski definition) is 5. The zero-order valence-corrected chi connectivity index (χ0v) is 15.7. The lowest BCUT2D eigenvalue weighted by Crippen LogP contribution is -2.14. The van der Waals surface area contributed by atoms with Gasteiger partial charge in [-0.1, -0.05) is 29.3 Å². The summed E-state index contributed by atoms with van der Waals surface area (Å²) in [5, 5.41) is 4.90. The minimum Gasteiger partial charge on any atom is -0.255 e. The molecule has 0 radical (unpaired) electrons. The van der Waals surface area contributed by atoms with E-state index in [1.807, 2.05) is 5.38 Å². The van der Waals surface area contributed by atoms with E-state index < -0.39 is 10.0 Å². The zero-order chi connectivity index (χ0) is 16.6. The Hall–Kier alpha value is -1.12. The third kappa shape index (κ3) is 3.39. The number of thiazole rings is 1. The summed E-state index contributed by atoms with van der Waals surface area (Å²) in [7, 11) is -3.75. The fourth-order valence-corrected chi connectivity index (χ4v) is 5.59. The van der Waals surface area contributed by atoms with E-state index in [0.717, 1.165) is 4.88 Å². The molecule has 120 valence electrons. The number of thiophene rings is 1. The lowest BCUT2D eigenvalue weighted by atomic mass is 10.2. The molecular weight excluding hydrogens is 395 g/mol. The molecule has 23 heavy (non-hydrogen) atoms. The fourth-order valence-electron chi connectivity index (χ4n) is 1.95. The Balaban J connectivity index is 1.91. The Morgan fingerprint density at radius 2 is 1.91 bits per heavy atom. The Morgan fingerprint density at radius 3 is 2.61 bits per heavy atom. The van der Waals surface area contributed by atoms with E-state index in [2.05, 4.69) is 9.71 Å². The number of rotatable bonds is 4. The molecule has 4 nitrogen and oxygen atoms in total. The van der Waals surface area contributed by atoms with Gasteiger partial charge in [-0.2, -0.15) is 0 Å². The predicted molar refractivity (Wildman–Crippen MR) is 97.4 cm³/mol. The van der Waals surface area contributed by atoms with Crippen LogP contribution in [0, 0.1) is 6.92 Å². The van der Waals surface area contributed by atoms with Crippen molar-refractivity contribution in [3.8, 4) is 10.6 Å². The van der Waals surface area contributed by atoms with Crippen molar-refractivity contribution in [1.82, 2.24) is 4.98 Å². The first-order valence-electron chi connectivity index (χ1n) is 6.35. The van der Waals surface area contributed by atoms with E-state index in [9.17, 15) is 8.42 Å². The summed E-state index contributed by atoms with van der Waals surface area (Å²) in [5.74, 6) is 0.